The smallest absolute Gasteiger partial charge is 0.212 e. The molecule has 26 heavy (non-hydrogen) atoms. The van der Waals surface area contributed by atoms with E-state index >= 15 is 0 Å². The van der Waals surface area contributed by atoms with Crippen molar-refractivity contribution in [2.45, 2.75) is 18.2 Å². The monoisotopic (exact) mass is 359 g/mol. The molecule has 0 N–H and O–H groups in total. The van der Waals surface area contributed by atoms with Crippen LogP contribution in [0.1, 0.15) is 19.0 Å². The Hall–Kier alpha value is -2.52. The average Bonchev–Trinajstić information content (AvgIpc) is 2.99. The molecule has 2 heterocycles. The van der Waals surface area contributed by atoms with Crippen LogP contribution in [0.5, 0.6) is 0 Å². The number of allylic oxidation sites excluding steroid dienone is 2. The van der Waals surface area contributed by atoms with Crippen molar-refractivity contribution in [3.05, 3.63) is 83.0 Å². The third-order valence-corrected chi connectivity index (χ3v) is 6.11. The van der Waals surface area contributed by atoms with Crippen molar-refractivity contribution in [3.63, 3.8) is 0 Å². The Balaban J connectivity index is 1.71. The Morgan fingerprint density at radius 2 is 1.81 bits per heavy atom. The Labute approximate surface area is 159 Å². The summed E-state index contributed by atoms with van der Waals surface area (Å²) in [6.45, 7) is 2.22. The van der Waals surface area contributed by atoms with Crippen molar-refractivity contribution in [3.8, 4) is 0 Å². The van der Waals surface area contributed by atoms with Gasteiger partial charge in [-0.05, 0) is 42.3 Å². The fraction of sp³-hybridized carbons (Fsp3) is 0.174. The van der Waals surface area contributed by atoms with Crippen LogP contribution in [0.25, 0.3) is 17.0 Å². The summed E-state index contributed by atoms with van der Waals surface area (Å²) in [4.78, 5) is 3.61. The zero-order chi connectivity index (χ0) is 18.1. The summed E-state index contributed by atoms with van der Waals surface area (Å²) in [5.41, 5.74) is 5.10. The molecular formula is C23H23N2S+. The molecule has 0 unspecified atom stereocenters. The van der Waals surface area contributed by atoms with Crippen molar-refractivity contribution >= 4 is 34.4 Å². The maximum absolute atomic E-state index is 2.32. The second-order valence-corrected chi connectivity index (χ2v) is 7.62. The fourth-order valence-corrected chi connectivity index (χ4v) is 4.47. The number of hydrogen-bond acceptors (Lipinski definition) is 2. The van der Waals surface area contributed by atoms with Crippen LogP contribution in [-0.4, -0.2) is 7.05 Å². The van der Waals surface area contributed by atoms with Crippen molar-refractivity contribution in [1.82, 2.24) is 0 Å². The zero-order valence-corrected chi connectivity index (χ0v) is 16.3. The van der Waals surface area contributed by atoms with Gasteiger partial charge in [-0.15, -0.1) is 0 Å². The summed E-state index contributed by atoms with van der Waals surface area (Å²) < 4.78 is 2.27. The molecule has 0 radical (unpaired) electrons. The maximum Gasteiger partial charge on any atom is 0.212 e. The van der Waals surface area contributed by atoms with Crippen LogP contribution in [-0.2, 0) is 7.05 Å². The predicted octanol–water partition coefficient (Wildman–Crippen LogP) is 5.54. The normalized spacial score (nSPS) is 15.7. The number of nitrogens with zero attached hydrogens (tertiary/aromatic N) is 2. The highest BCUT2D eigenvalue weighted by Gasteiger charge is 2.21. The van der Waals surface area contributed by atoms with Gasteiger partial charge in [-0.1, -0.05) is 43.0 Å². The standard InChI is InChI=1S/C23H23N2S/c1-4-17(16-23-25(3)21-11-7-8-12-22(21)26-23)15-19-14-13-18-9-5-6-10-20(18)24(19)2/h5-16H,4H2,1-3H3/q+1. The van der Waals surface area contributed by atoms with Crippen molar-refractivity contribution in [1.29, 1.82) is 0 Å². The molecule has 0 aliphatic carbocycles. The highest BCUT2D eigenvalue weighted by atomic mass is 32.2. The van der Waals surface area contributed by atoms with Crippen LogP contribution < -0.4 is 9.47 Å². The van der Waals surface area contributed by atoms with E-state index in [0.717, 1.165) is 6.42 Å². The molecule has 2 aromatic carbocycles. The molecule has 2 nitrogen and oxygen atoms in total. The predicted molar refractivity (Wildman–Crippen MR) is 112 cm³/mol. The number of rotatable bonds is 3. The first-order chi connectivity index (χ1) is 12.7. The molecule has 0 saturated heterocycles. The first-order valence-corrected chi connectivity index (χ1v) is 9.79. The second-order valence-electron chi connectivity index (χ2n) is 6.56. The van der Waals surface area contributed by atoms with E-state index in [1.54, 1.807) is 0 Å². The van der Waals surface area contributed by atoms with Crippen LogP contribution in [0.15, 0.2) is 82.2 Å². The quantitative estimate of drug-likeness (QED) is 0.567. The number of fused-ring (bicyclic) bond motifs is 2. The van der Waals surface area contributed by atoms with Gasteiger partial charge in [-0.2, -0.15) is 4.57 Å². The van der Waals surface area contributed by atoms with Crippen molar-refractivity contribution in [2.24, 2.45) is 7.05 Å². The lowest BCUT2D eigenvalue weighted by atomic mass is 10.1. The van der Waals surface area contributed by atoms with Gasteiger partial charge in [0.2, 0.25) is 11.2 Å². The van der Waals surface area contributed by atoms with Gasteiger partial charge in [0.1, 0.15) is 7.05 Å². The first kappa shape index (κ1) is 16.9. The molecular weight excluding hydrogens is 336 g/mol. The van der Waals surface area contributed by atoms with Gasteiger partial charge in [0.15, 0.2) is 0 Å². The Morgan fingerprint density at radius 3 is 2.62 bits per heavy atom. The van der Waals surface area contributed by atoms with Gasteiger partial charge in [0, 0.05) is 35.5 Å². The van der Waals surface area contributed by atoms with Gasteiger partial charge in [0.05, 0.1) is 10.7 Å². The van der Waals surface area contributed by atoms with Crippen LogP contribution in [0.4, 0.5) is 5.69 Å². The summed E-state index contributed by atoms with van der Waals surface area (Å²) in [5, 5.41) is 2.55. The lowest BCUT2D eigenvalue weighted by Gasteiger charge is -2.13. The average molecular weight is 360 g/mol. The summed E-state index contributed by atoms with van der Waals surface area (Å²) >= 11 is 1.84. The maximum atomic E-state index is 2.32. The van der Waals surface area contributed by atoms with E-state index < -0.39 is 0 Å². The molecule has 1 aromatic heterocycles. The third kappa shape index (κ3) is 3.04. The third-order valence-electron chi connectivity index (χ3n) is 4.94. The number of aryl methyl sites for hydroxylation is 1. The van der Waals surface area contributed by atoms with Gasteiger partial charge < -0.3 is 4.90 Å². The highest BCUT2D eigenvalue weighted by molar-refractivity contribution is 8.03. The van der Waals surface area contributed by atoms with E-state index in [1.807, 2.05) is 11.8 Å². The lowest BCUT2D eigenvalue weighted by molar-refractivity contribution is -0.646. The second kappa shape index (κ2) is 7.00. The molecule has 0 fully saturated rings. The number of aromatic nitrogens is 1. The minimum absolute atomic E-state index is 1.00. The van der Waals surface area contributed by atoms with Crippen molar-refractivity contribution < 1.29 is 4.57 Å². The Kier molecular flexibility index (Phi) is 4.56. The molecule has 0 saturated carbocycles. The topological polar surface area (TPSA) is 7.12 Å². The van der Waals surface area contributed by atoms with E-state index in [0.29, 0.717) is 0 Å². The van der Waals surface area contributed by atoms with Crippen LogP contribution in [0, 0.1) is 0 Å². The van der Waals surface area contributed by atoms with E-state index in [2.05, 4.69) is 103 Å². The van der Waals surface area contributed by atoms with E-state index in [4.69, 9.17) is 0 Å². The van der Waals surface area contributed by atoms with Gasteiger partial charge in [0.25, 0.3) is 0 Å². The van der Waals surface area contributed by atoms with Crippen LogP contribution in [0.3, 0.4) is 0 Å². The number of thioether (sulfide) groups is 1. The number of benzene rings is 2. The van der Waals surface area contributed by atoms with Gasteiger partial charge in [-0.25, -0.2) is 0 Å². The fourth-order valence-electron chi connectivity index (χ4n) is 3.35. The Morgan fingerprint density at radius 1 is 1.04 bits per heavy atom. The molecule has 1 aliphatic heterocycles. The molecule has 0 spiro atoms. The van der Waals surface area contributed by atoms with E-state index in [9.17, 15) is 0 Å². The lowest BCUT2D eigenvalue weighted by Crippen LogP contribution is -2.32. The minimum atomic E-state index is 1.00. The molecule has 1 aliphatic rings. The number of para-hydroxylation sites is 2. The van der Waals surface area contributed by atoms with E-state index in [-0.39, 0.29) is 0 Å². The van der Waals surface area contributed by atoms with E-state index in [1.165, 1.54) is 37.8 Å². The van der Waals surface area contributed by atoms with Crippen LogP contribution in [0.2, 0.25) is 0 Å². The number of pyridine rings is 1. The zero-order valence-electron chi connectivity index (χ0n) is 15.4. The molecule has 0 amide bonds. The molecule has 130 valence electrons. The summed E-state index contributed by atoms with van der Waals surface area (Å²) in [7, 11) is 4.29. The molecule has 3 heteroatoms. The number of hydrogen-bond donors (Lipinski definition) is 0. The molecule has 3 aromatic rings. The molecule has 0 atom stereocenters. The minimum Gasteiger partial charge on any atom is -0.338 e. The van der Waals surface area contributed by atoms with Gasteiger partial charge >= 0.3 is 0 Å². The summed E-state index contributed by atoms with van der Waals surface area (Å²) in [6, 6.07) is 21.5. The summed E-state index contributed by atoms with van der Waals surface area (Å²) in [6.07, 6.45) is 5.62. The molecule has 0 bridgehead atoms. The summed E-state index contributed by atoms with van der Waals surface area (Å²) in [5.74, 6) is 0. The molecule has 4 rings (SSSR count). The SMILES string of the molecule is CCC(=C/c1ccc2ccccc2[n+]1C)/C=C1/Sc2ccccc2N1C. The Bertz CT molecular complexity index is 1030. The largest absolute Gasteiger partial charge is 0.338 e. The van der Waals surface area contributed by atoms with Gasteiger partial charge in [-0.3, -0.25) is 0 Å². The highest BCUT2D eigenvalue weighted by Crippen LogP contribution is 2.45. The van der Waals surface area contributed by atoms with Crippen LogP contribution >= 0.6 is 11.8 Å². The van der Waals surface area contributed by atoms with Crippen molar-refractivity contribution in [2.75, 3.05) is 11.9 Å². The first-order valence-electron chi connectivity index (χ1n) is 8.98. The number of anilines is 1.